The van der Waals surface area contributed by atoms with E-state index < -0.39 is 24.1 Å². The fourth-order valence-corrected chi connectivity index (χ4v) is 5.45. The molecule has 0 saturated heterocycles. The van der Waals surface area contributed by atoms with E-state index in [1.807, 2.05) is 44.2 Å². The molecule has 0 radical (unpaired) electrons. The van der Waals surface area contributed by atoms with Gasteiger partial charge >= 0.3 is 12.1 Å². The largest absolute Gasteiger partial charge is 0.466 e. The minimum absolute atomic E-state index is 0.122. The van der Waals surface area contributed by atoms with Crippen molar-refractivity contribution < 1.29 is 23.9 Å². The molecule has 2 aliphatic rings. The number of esters is 1. The molecule has 0 unspecified atom stereocenters. The van der Waals surface area contributed by atoms with Crippen LogP contribution in [0.5, 0.6) is 0 Å². The number of carbonyl (C=O) groups is 3. The van der Waals surface area contributed by atoms with Crippen LogP contribution in [0.3, 0.4) is 0 Å². The number of aromatic amines is 1. The second-order valence-electron chi connectivity index (χ2n) is 10.5. The van der Waals surface area contributed by atoms with Gasteiger partial charge in [-0.15, -0.1) is 0 Å². The van der Waals surface area contributed by atoms with Crippen molar-refractivity contribution in [1.29, 1.82) is 0 Å². The zero-order valence-electron chi connectivity index (χ0n) is 24.3. The van der Waals surface area contributed by atoms with Crippen molar-refractivity contribution in [3.63, 3.8) is 0 Å². The molecule has 1 aromatic heterocycles. The Morgan fingerprint density at radius 2 is 1.79 bits per heavy atom. The normalized spacial score (nSPS) is 17.1. The molecule has 3 aromatic carbocycles. The molecule has 0 spiro atoms. The van der Waals surface area contributed by atoms with Gasteiger partial charge in [-0.1, -0.05) is 30.3 Å². The van der Waals surface area contributed by atoms with E-state index in [2.05, 4.69) is 20.9 Å². The molecule has 6 rings (SSSR count). The van der Waals surface area contributed by atoms with Crippen molar-refractivity contribution in [1.82, 2.24) is 10.3 Å². The maximum Gasteiger partial charge on any atom is 0.411 e. The average Bonchev–Trinajstić information content (AvgIpc) is 2.97. The number of nitrogens with one attached hydrogen (secondary N) is 4. The Bertz CT molecular complexity index is 1720. The van der Waals surface area contributed by atoms with Gasteiger partial charge in [0.25, 0.3) is 5.56 Å². The summed E-state index contributed by atoms with van der Waals surface area (Å²) in [7, 11) is 0. The Labute approximate surface area is 248 Å². The van der Waals surface area contributed by atoms with Gasteiger partial charge in [-0.05, 0) is 84.3 Å². The van der Waals surface area contributed by atoms with Gasteiger partial charge in [-0.25, -0.2) is 4.79 Å². The van der Waals surface area contributed by atoms with Crippen LogP contribution < -0.4 is 21.5 Å². The summed E-state index contributed by atoms with van der Waals surface area (Å²) in [6, 6.07) is 16.3. The number of hydrogen-bond donors (Lipinski definition) is 4. The first-order chi connectivity index (χ1) is 20.7. The molecule has 2 atom stereocenters. The molecule has 4 aromatic rings. The molecule has 10 heteroatoms. The minimum Gasteiger partial charge on any atom is -0.466 e. The molecular weight excluding hydrogens is 548 g/mol. The van der Waals surface area contributed by atoms with E-state index in [0.29, 0.717) is 34.3 Å². The first-order valence-electron chi connectivity index (χ1n) is 14.2. The first kappa shape index (κ1) is 29.4. The van der Waals surface area contributed by atoms with E-state index in [9.17, 15) is 19.2 Å². The van der Waals surface area contributed by atoms with E-state index in [0.717, 1.165) is 22.1 Å². The highest BCUT2D eigenvalue weighted by atomic mass is 16.5. The highest BCUT2D eigenvalue weighted by molar-refractivity contribution is 5.90. The predicted molar refractivity (Wildman–Crippen MR) is 164 cm³/mol. The number of benzene rings is 3. The third-order valence-corrected chi connectivity index (χ3v) is 7.51. The lowest BCUT2D eigenvalue weighted by Crippen LogP contribution is -2.37. The van der Waals surface area contributed by atoms with Gasteiger partial charge in [-0.2, -0.15) is 0 Å². The number of H-pyrrole nitrogens is 1. The van der Waals surface area contributed by atoms with Crippen molar-refractivity contribution in [2.45, 2.75) is 45.7 Å². The van der Waals surface area contributed by atoms with Gasteiger partial charge in [0.15, 0.2) is 0 Å². The molecular formula is C33H34N4O6. The molecule has 0 aliphatic carbocycles. The number of amides is 2. The molecule has 4 N–H and O–H groups in total. The number of ether oxygens (including phenoxy) is 2. The number of fused-ring (bicyclic) bond motifs is 10. The fourth-order valence-electron chi connectivity index (χ4n) is 5.45. The van der Waals surface area contributed by atoms with Gasteiger partial charge in [0, 0.05) is 29.4 Å². The number of hydrogen-bond acceptors (Lipinski definition) is 7. The zero-order valence-corrected chi connectivity index (χ0v) is 24.3. The van der Waals surface area contributed by atoms with Gasteiger partial charge in [0.2, 0.25) is 5.91 Å². The molecule has 222 valence electrons. The van der Waals surface area contributed by atoms with Crippen LogP contribution in [0.25, 0.3) is 10.8 Å². The maximum absolute atomic E-state index is 14.2. The maximum atomic E-state index is 14.2. The van der Waals surface area contributed by atoms with Crippen molar-refractivity contribution in [3.8, 4) is 0 Å². The highest BCUT2D eigenvalue weighted by Crippen LogP contribution is 2.29. The Morgan fingerprint density at radius 3 is 2.56 bits per heavy atom. The summed E-state index contributed by atoms with van der Waals surface area (Å²) in [5.74, 6) is -0.859. The highest BCUT2D eigenvalue weighted by Gasteiger charge is 2.27. The smallest absolute Gasteiger partial charge is 0.411 e. The Balaban J connectivity index is 1.59. The van der Waals surface area contributed by atoms with Crippen LogP contribution in [0.2, 0.25) is 0 Å². The molecule has 2 amide bonds. The van der Waals surface area contributed by atoms with Gasteiger partial charge < -0.3 is 25.1 Å². The monoisotopic (exact) mass is 582 g/mol. The molecule has 0 fully saturated rings. The summed E-state index contributed by atoms with van der Waals surface area (Å²) in [5.41, 5.74) is 5.01. The number of carbonyl (C=O) groups excluding carboxylic acids is 3. The number of rotatable bonds is 5. The summed E-state index contributed by atoms with van der Waals surface area (Å²) >= 11 is 0. The third kappa shape index (κ3) is 6.86. The summed E-state index contributed by atoms with van der Waals surface area (Å²) in [4.78, 5) is 54.5. The zero-order chi connectivity index (χ0) is 30.5. The fraction of sp³-hybridized carbons (Fsp3) is 0.273. The second kappa shape index (κ2) is 12.8. The van der Waals surface area contributed by atoms with Gasteiger partial charge in [-0.3, -0.25) is 19.7 Å². The molecule has 3 heterocycles. The SMILES string of the molecule is CCOC(=O)C[C@H]1NC(=O)[C@H](Nc2ccc3cc[nH]c(=O)c3c2)c2cc(C)c(c(C)c2)CCOC(=O)Nc2cccc1c2. The molecule has 2 aliphatic heterocycles. The van der Waals surface area contributed by atoms with E-state index in [1.165, 1.54) is 0 Å². The summed E-state index contributed by atoms with van der Waals surface area (Å²) in [6.45, 7) is 5.99. The van der Waals surface area contributed by atoms with Crippen LogP contribution in [0.15, 0.2) is 71.7 Å². The number of pyridine rings is 1. The van der Waals surface area contributed by atoms with Crippen LogP contribution in [-0.4, -0.2) is 36.2 Å². The van der Waals surface area contributed by atoms with Gasteiger partial charge in [0.1, 0.15) is 6.04 Å². The molecule has 43 heavy (non-hydrogen) atoms. The van der Waals surface area contributed by atoms with Crippen molar-refractivity contribution in [3.05, 3.63) is 105 Å². The quantitative estimate of drug-likeness (QED) is 0.237. The van der Waals surface area contributed by atoms with E-state index in [1.54, 1.807) is 43.5 Å². The molecule has 10 nitrogen and oxygen atoms in total. The van der Waals surface area contributed by atoms with Crippen LogP contribution in [0.4, 0.5) is 16.2 Å². The third-order valence-electron chi connectivity index (χ3n) is 7.51. The van der Waals surface area contributed by atoms with Crippen molar-refractivity contribution in [2.24, 2.45) is 0 Å². The van der Waals surface area contributed by atoms with E-state index >= 15 is 0 Å². The summed E-state index contributed by atoms with van der Waals surface area (Å²) in [6.07, 6.45) is 1.38. The molecule has 0 saturated carbocycles. The van der Waals surface area contributed by atoms with Crippen LogP contribution >= 0.6 is 0 Å². The Morgan fingerprint density at radius 1 is 1.00 bits per heavy atom. The number of aryl methyl sites for hydroxylation is 2. The van der Waals surface area contributed by atoms with E-state index in [4.69, 9.17) is 9.47 Å². The van der Waals surface area contributed by atoms with Crippen LogP contribution in [0.1, 0.15) is 53.2 Å². The topological polar surface area (TPSA) is 139 Å². The van der Waals surface area contributed by atoms with Crippen molar-refractivity contribution in [2.75, 3.05) is 23.8 Å². The first-order valence-corrected chi connectivity index (χ1v) is 14.2. The number of aromatic nitrogens is 1. The summed E-state index contributed by atoms with van der Waals surface area (Å²) in [5, 5.41) is 10.4. The lowest BCUT2D eigenvalue weighted by Gasteiger charge is -2.26. The molecule has 4 bridgehead atoms. The van der Waals surface area contributed by atoms with Crippen LogP contribution in [-0.2, 0) is 25.5 Å². The predicted octanol–water partition coefficient (Wildman–Crippen LogP) is 5.21. The minimum atomic E-state index is -0.872. The average molecular weight is 583 g/mol. The van der Waals surface area contributed by atoms with E-state index in [-0.39, 0.29) is 31.1 Å². The second-order valence-corrected chi connectivity index (χ2v) is 10.5. The Kier molecular flexibility index (Phi) is 8.75. The standard InChI is InChI=1S/C33H34N4O6/c1-4-42-29(38)18-28-22-6-5-7-24(16-22)36-33(41)43-13-11-26-19(2)14-23(15-20(26)3)30(32(40)37-28)35-25-9-8-21-10-12-34-31(39)27(21)17-25/h5-10,12,14-17,28,30,35H,4,11,13,18H2,1-3H3,(H,34,39)(H,36,41)(H,37,40)/t28-,30-/m1/s1. The summed E-state index contributed by atoms with van der Waals surface area (Å²) < 4.78 is 10.7. The number of anilines is 2. The van der Waals surface area contributed by atoms with Crippen LogP contribution in [0, 0.1) is 13.8 Å². The van der Waals surface area contributed by atoms with Crippen molar-refractivity contribution >= 4 is 40.1 Å². The Hall–Kier alpha value is -5.12. The van der Waals surface area contributed by atoms with Gasteiger partial charge in [0.05, 0.1) is 25.7 Å². The lowest BCUT2D eigenvalue weighted by molar-refractivity contribution is -0.143. The lowest BCUT2D eigenvalue weighted by atomic mass is 9.93.